The van der Waals surface area contributed by atoms with Crippen LogP contribution in [0.2, 0.25) is 0 Å². The number of nitrogens with zero attached hydrogens (tertiary/aromatic N) is 3. The van der Waals surface area contributed by atoms with Gasteiger partial charge in [-0.3, -0.25) is 10.3 Å². The zero-order chi connectivity index (χ0) is 9.26. The molecule has 0 aliphatic heterocycles. The highest BCUT2D eigenvalue weighted by atomic mass is 32.2. The summed E-state index contributed by atoms with van der Waals surface area (Å²) in [4.78, 5) is 15.1. The second-order valence-electron chi connectivity index (χ2n) is 2.15. The first-order valence-electron chi connectivity index (χ1n) is 3.29. The SMILES string of the molecule is NSc1nc(SN)c2[nH]cnc2n1. The summed E-state index contributed by atoms with van der Waals surface area (Å²) in [5.41, 5.74) is 1.32. The van der Waals surface area contributed by atoms with Crippen LogP contribution in [0.25, 0.3) is 11.2 Å². The monoisotopic (exact) mass is 214 g/mol. The Morgan fingerprint density at radius 1 is 1.23 bits per heavy atom. The molecule has 0 saturated carbocycles. The van der Waals surface area contributed by atoms with Gasteiger partial charge in [0.05, 0.1) is 6.33 Å². The lowest BCUT2D eigenvalue weighted by Crippen LogP contribution is -1.95. The van der Waals surface area contributed by atoms with Crippen LogP contribution in [-0.2, 0) is 0 Å². The standard InChI is InChI=1S/C5H6N6S2/c6-12-4-2-3(9-1-8-2)10-5(11-4)13-7/h1H,6-7H2,(H,8,9,10,11). The summed E-state index contributed by atoms with van der Waals surface area (Å²) in [6.45, 7) is 0. The van der Waals surface area contributed by atoms with Crippen molar-refractivity contribution in [3.8, 4) is 0 Å². The number of H-pyrrole nitrogens is 1. The third kappa shape index (κ3) is 1.48. The van der Waals surface area contributed by atoms with E-state index in [-0.39, 0.29) is 0 Å². The molecule has 0 unspecified atom stereocenters. The van der Waals surface area contributed by atoms with Crippen molar-refractivity contribution in [2.24, 2.45) is 10.3 Å². The molecular formula is C5H6N6S2. The summed E-state index contributed by atoms with van der Waals surface area (Å²) >= 11 is 2.01. The minimum absolute atomic E-state index is 0.465. The molecule has 5 N–H and O–H groups in total. The maximum absolute atomic E-state index is 5.43. The number of aromatic amines is 1. The molecule has 8 heteroatoms. The van der Waals surface area contributed by atoms with E-state index in [2.05, 4.69) is 19.9 Å². The van der Waals surface area contributed by atoms with Crippen LogP contribution in [0, 0.1) is 0 Å². The minimum atomic E-state index is 0.465. The molecule has 0 radical (unpaired) electrons. The zero-order valence-corrected chi connectivity index (χ0v) is 8.02. The molecule has 2 heterocycles. The van der Waals surface area contributed by atoms with Gasteiger partial charge >= 0.3 is 0 Å². The predicted octanol–water partition coefficient (Wildman–Crippen LogP) is 0.285. The lowest BCUT2D eigenvalue weighted by molar-refractivity contribution is 0.924. The van der Waals surface area contributed by atoms with Gasteiger partial charge in [0.2, 0.25) is 5.16 Å². The second kappa shape index (κ2) is 3.50. The van der Waals surface area contributed by atoms with E-state index in [4.69, 9.17) is 10.3 Å². The summed E-state index contributed by atoms with van der Waals surface area (Å²) in [6, 6.07) is 0. The summed E-state index contributed by atoms with van der Waals surface area (Å²) in [5, 5.41) is 11.9. The number of hydrogen-bond donors (Lipinski definition) is 3. The van der Waals surface area contributed by atoms with Gasteiger partial charge in [0.15, 0.2) is 5.65 Å². The average molecular weight is 214 g/mol. The van der Waals surface area contributed by atoms with Gasteiger partial charge in [-0.1, -0.05) is 0 Å². The third-order valence-electron chi connectivity index (χ3n) is 1.45. The summed E-state index contributed by atoms with van der Waals surface area (Å²) < 4.78 is 0. The summed E-state index contributed by atoms with van der Waals surface area (Å²) in [5.74, 6) is 0. The number of fused-ring (bicyclic) bond motifs is 1. The Labute approximate surface area is 82.2 Å². The van der Waals surface area contributed by atoms with Gasteiger partial charge in [-0.2, -0.15) is 4.98 Å². The van der Waals surface area contributed by atoms with Gasteiger partial charge in [-0.15, -0.1) is 0 Å². The average Bonchev–Trinajstić information content (AvgIpc) is 2.63. The maximum atomic E-state index is 5.43. The van der Waals surface area contributed by atoms with E-state index in [1.807, 2.05) is 0 Å². The van der Waals surface area contributed by atoms with Crippen molar-refractivity contribution in [1.29, 1.82) is 0 Å². The molecule has 0 amide bonds. The first-order chi connectivity index (χ1) is 6.35. The van der Waals surface area contributed by atoms with Crippen LogP contribution in [0.5, 0.6) is 0 Å². The van der Waals surface area contributed by atoms with Crippen LogP contribution in [-0.4, -0.2) is 19.9 Å². The Morgan fingerprint density at radius 2 is 2.08 bits per heavy atom. The molecule has 0 bridgehead atoms. The van der Waals surface area contributed by atoms with Crippen LogP contribution in [0.15, 0.2) is 16.5 Å². The summed E-state index contributed by atoms with van der Waals surface area (Å²) in [6.07, 6.45) is 1.55. The molecular weight excluding hydrogens is 208 g/mol. The molecule has 0 spiro atoms. The van der Waals surface area contributed by atoms with Crippen molar-refractivity contribution in [3.63, 3.8) is 0 Å². The highest BCUT2D eigenvalue weighted by Gasteiger charge is 2.08. The molecule has 0 saturated heterocycles. The van der Waals surface area contributed by atoms with Crippen LogP contribution < -0.4 is 10.3 Å². The fourth-order valence-corrected chi connectivity index (χ4v) is 1.67. The van der Waals surface area contributed by atoms with Crippen molar-refractivity contribution in [3.05, 3.63) is 6.33 Å². The van der Waals surface area contributed by atoms with Gasteiger partial charge in [0.1, 0.15) is 10.5 Å². The van der Waals surface area contributed by atoms with Gasteiger partial charge in [-0.05, 0) is 23.9 Å². The minimum Gasteiger partial charge on any atom is -0.341 e. The quantitative estimate of drug-likeness (QED) is 0.374. The number of nitrogens with one attached hydrogen (secondary N) is 1. The maximum Gasteiger partial charge on any atom is 0.205 e. The van der Waals surface area contributed by atoms with E-state index in [0.717, 1.165) is 29.4 Å². The van der Waals surface area contributed by atoms with Crippen molar-refractivity contribution in [2.45, 2.75) is 10.2 Å². The smallest absolute Gasteiger partial charge is 0.205 e. The Bertz CT molecular complexity index is 426. The Balaban J connectivity index is 2.70. The lowest BCUT2D eigenvalue weighted by Gasteiger charge is -1.98. The Hall–Kier alpha value is -0.830. The number of imidazole rings is 1. The third-order valence-corrected chi connectivity index (χ3v) is 2.36. The van der Waals surface area contributed by atoms with E-state index in [9.17, 15) is 0 Å². The van der Waals surface area contributed by atoms with E-state index in [0.29, 0.717) is 15.8 Å². The number of aromatic nitrogens is 4. The van der Waals surface area contributed by atoms with Crippen molar-refractivity contribution >= 4 is 35.1 Å². The molecule has 13 heavy (non-hydrogen) atoms. The summed E-state index contributed by atoms with van der Waals surface area (Å²) in [7, 11) is 0. The van der Waals surface area contributed by atoms with Crippen LogP contribution >= 0.6 is 23.9 Å². The lowest BCUT2D eigenvalue weighted by atomic mass is 10.6. The number of hydrogen-bond acceptors (Lipinski definition) is 7. The number of rotatable bonds is 2. The highest BCUT2D eigenvalue weighted by molar-refractivity contribution is 7.97. The molecule has 2 rings (SSSR count). The van der Waals surface area contributed by atoms with E-state index in [1.165, 1.54) is 0 Å². The molecule has 0 atom stereocenters. The molecule has 2 aromatic heterocycles. The van der Waals surface area contributed by atoms with Gasteiger partial charge in [-0.25, -0.2) is 9.97 Å². The molecule has 0 fully saturated rings. The van der Waals surface area contributed by atoms with E-state index >= 15 is 0 Å². The van der Waals surface area contributed by atoms with E-state index in [1.54, 1.807) is 6.33 Å². The molecule has 68 valence electrons. The molecule has 0 aliphatic carbocycles. The first-order valence-corrected chi connectivity index (χ1v) is 5.05. The van der Waals surface area contributed by atoms with Crippen molar-refractivity contribution < 1.29 is 0 Å². The first kappa shape index (κ1) is 8.75. The van der Waals surface area contributed by atoms with Crippen LogP contribution in [0.4, 0.5) is 0 Å². The zero-order valence-electron chi connectivity index (χ0n) is 6.39. The Kier molecular flexibility index (Phi) is 2.36. The van der Waals surface area contributed by atoms with Crippen LogP contribution in [0.3, 0.4) is 0 Å². The van der Waals surface area contributed by atoms with Crippen molar-refractivity contribution in [2.75, 3.05) is 0 Å². The number of nitrogens with two attached hydrogens (primary N) is 2. The van der Waals surface area contributed by atoms with Crippen LogP contribution in [0.1, 0.15) is 0 Å². The highest BCUT2D eigenvalue weighted by Crippen LogP contribution is 2.20. The van der Waals surface area contributed by atoms with Crippen molar-refractivity contribution in [1.82, 2.24) is 19.9 Å². The topological polar surface area (TPSA) is 106 Å². The molecule has 2 aromatic rings. The van der Waals surface area contributed by atoms with Gasteiger partial charge in [0, 0.05) is 0 Å². The molecule has 6 nitrogen and oxygen atoms in total. The molecule has 0 aromatic carbocycles. The predicted molar refractivity (Wildman–Crippen MR) is 51.8 cm³/mol. The molecule has 0 aliphatic rings. The largest absolute Gasteiger partial charge is 0.341 e. The van der Waals surface area contributed by atoms with E-state index < -0.39 is 0 Å². The fourth-order valence-electron chi connectivity index (χ4n) is 0.926. The second-order valence-corrected chi connectivity index (χ2v) is 3.37. The van der Waals surface area contributed by atoms with Gasteiger partial charge < -0.3 is 4.98 Å². The normalized spacial score (nSPS) is 10.9. The van der Waals surface area contributed by atoms with Gasteiger partial charge in [0.25, 0.3) is 0 Å². The fraction of sp³-hybridized carbons (Fsp3) is 0. The Morgan fingerprint density at radius 3 is 2.77 bits per heavy atom.